The van der Waals surface area contributed by atoms with Gasteiger partial charge in [-0.1, -0.05) is 12.1 Å². The molecule has 0 saturated carbocycles. The monoisotopic (exact) mass is 342 g/mol. The van der Waals surface area contributed by atoms with E-state index >= 15 is 0 Å². The number of nitrogens with two attached hydrogens (primary N) is 2. The van der Waals surface area contributed by atoms with Crippen LogP contribution in [0.25, 0.3) is 11.3 Å². The number of carboxylic acid groups (broad SMARTS) is 1. The summed E-state index contributed by atoms with van der Waals surface area (Å²) in [5.74, 6) is -0.280. The van der Waals surface area contributed by atoms with Crippen LogP contribution in [0, 0.1) is 0 Å². The summed E-state index contributed by atoms with van der Waals surface area (Å²) in [7, 11) is 0. The predicted octanol–water partition coefficient (Wildman–Crippen LogP) is 1.37. The number of hydrogen-bond acceptors (Lipinski definition) is 5. The topological polar surface area (TPSA) is 124 Å². The number of aromatic carboxylic acids is 1. The number of imidazole rings is 1. The van der Waals surface area contributed by atoms with Gasteiger partial charge >= 0.3 is 5.97 Å². The third-order valence-electron chi connectivity index (χ3n) is 4.68. The molecule has 2 atom stereocenters. The molecule has 2 heterocycles. The van der Waals surface area contributed by atoms with Crippen molar-refractivity contribution in [3.05, 3.63) is 41.9 Å². The maximum absolute atomic E-state index is 12.1. The molecule has 0 radical (unpaired) electrons. The van der Waals surface area contributed by atoms with E-state index in [9.17, 15) is 9.59 Å². The molecule has 5 N–H and O–H groups in total. The number of Topliss-reactive ketones (excluding diaryl/α,β-unsaturated/α-hetero) is 1. The van der Waals surface area contributed by atoms with Gasteiger partial charge in [0, 0.05) is 30.6 Å². The highest BCUT2D eigenvalue weighted by Crippen LogP contribution is 2.32. The van der Waals surface area contributed by atoms with Gasteiger partial charge in [0.1, 0.15) is 5.82 Å². The number of carboxylic acids is 1. The van der Waals surface area contributed by atoms with Crippen molar-refractivity contribution in [2.75, 3.05) is 6.54 Å². The second kappa shape index (κ2) is 7.16. The van der Waals surface area contributed by atoms with Gasteiger partial charge in [-0.25, -0.2) is 9.78 Å². The van der Waals surface area contributed by atoms with E-state index in [0.717, 1.165) is 36.5 Å². The van der Waals surface area contributed by atoms with Crippen LogP contribution in [0.1, 0.15) is 41.4 Å². The number of hydrogen-bond donors (Lipinski definition) is 3. The molecule has 2 aromatic rings. The minimum Gasteiger partial charge on any atom is -0.478 e. The van der Waals surface area contributed by atoms with E-state index in [1.54, 1.807) is 24.3 Å². The maximum Gasteiger partial charge on any atom is 0.335 e. The summed E-state index contributed by atoms with van der Waals surface area (Å²) in [4.78, 5) is 27.8. The lowest BCUT2D eigenvalue weighted by molar-refractivity contribution is -0.120. The minimum atomic E-state index is -0.958. The van der Waals surface area contributed by atoms with E-state index in [2.05, 4.69) is 0 Å². The van der Waals surface area contributed by atoms with Gasteiger partial charge in [0.2, 0.25) is 0 Å². The van der Waals surface area contributed by atoms with Crippen LogP contribution in [0.5, 0.6) is 0 Å². The maximum atomic E-state index is 12.1. The summed E-state index contributed by atoms with van der Waals surface area (Å²) < 4.78 is 2.05. The highest BCUT2D eigenvalue weighted by Gasteiger charge is 2.31. The van der Waals surface area contributed by atoms with E-state index in [-0.39, 0.29) is 23.7 Å². The fraction of sp³-hybridized carbons (Fsp3) is 0.389. The van der Waals surface area contributed by atoms with Crippen molar-refractivity contribution in [3.63, 3.8) is 0 Å². The number of ketones is 1. The van der Waals surface area contributed by atoms with Crippen LogP contribution in [0.15, 0.2) is 30.5 Å². The molecule has 0 fully saturated rings. The summed E-state index contributed by atoms with van der Waals surface area (Å²) >= 11 is 0. The SMILES string of the molecule is NCCC(=O)C(N)C1CCCn2cc(-c3ccc(C(=O)O)cc3)nc21. The zero-order valence-corrected chi connectivity index (χ0v) is 13.9. The summed E-state index contributed by atoms with van der Waals surface area (Å²) in [5.41, 5.74) is 13.5. The van der Waals surface area contributed by atoms with Crippen molar-refractivity contribution in [1.82, 2.24) is 9.55 Å². The first-order valence-corrected chi connectivity index (χ1v) is 8.40. The second-order valence-corrected chi connectivity index (χ2v) is 6.34. The lowest BCUT2D eigenvalue weighted by Gasteiger charge is -2.27. The molecule has 1 aliphatic rings. The normalized spacial score (nSPS) is 17.8. The number of carbonyl (C=O) groups excluding carboxylic acids is 1. The molecule has 7 nitrogen and oxygen atoms in total. The van der Waals surface area contributed by atoms with Crippen molar-refractivity contribution >= 4 is 11.8 Å². The van der Waals surface area contributed by atoms with Gasteiger partial charge in [-0.05, 0) is 31.5 Å². The first-order chi connectivity index (χ1) is 12.0. The molecule has 0 amide bonds. The van der Waals surface area contributed by atoms with Gasteiger partial charge in [0.25, 0.3) is 0 Å². The van der Waals surface area contributed by atoms with Crippen molar-refractivity contribution in [2.45, 2.75) is 37.8 Å². The van der Waals surface area contributed by atoms with Crippen molar-refractivity contribution in [1.29, 1.82) is 0 Å². The van der Waals surface area contributed by atoms with Gasteiger partial charge in [0.15, 0.2) is 5.78 Å². The highest BCUT2D eigenvalue weighted by atomic mass is 16.4. The number of fused-ring (bicyclic) bond motifs is 1. The molecular weight excluding hydrogens is 320 g/mol. The first kappa shape index (κ1) is 17.3. The van der Waals surface area contributed by atoms with Crippen molar-refractivity contribution < 1.29 is 14.7 Å². The number of benzene rings is 1. The largest absolute Gasteiger partial charge is 0.478 e. The van der Waals surface area contributed by atoms with Gasteiger partial charge < -0.3 is 21.1 Å². The Balaban J connectivity index is 1.89. The Morgan fingerprint density at radius 1 is 1.32 bits per heavy atom. The molecule has 25 heavy (non-hydrogen) atoms. The fourth-order valence-electron chi connectivity index (χ4n) is 3.31. The summed E-state index contributed by atoms with van der Waals surface area (Å²) in [6.45, 7) is 1.14. The fourth-order valence-corrected chi connectivity index (χ4v) is 3.31. The van der Waals surface area contributed by atoms with Gasteiger partial charge in [0.05, 0.1) is 17.3 Å². The second-order valence-electron chi connectivity index (χ2n) is 6.34. The quantitative estimate of drug-likeness (QED) is 0.728. The molecule has 132 valence electrons. The lowest BCUT2D eigenvalue weighted by Crippen LogP contribution is -2.40. The predicted molar refractivity (Wildman–Crippen MR) is 93.3 cm³/mol. The van der Waals surface area contributed by atoms with Gasteiger partial charge in [-0.15, -0.1) is 0 Å². The van der Waals surface area contributed by atoms with Crippen LogP contribution in [0.3, 0.4) is 0 Å². The molecule has 2 unspecified atom stereocenters. The Kier molecular flexibility index (Phi) is 4.96. The third-order valence-corrected chi connectivity index (χ3v) is 4.68. The Hall–Kier alpha value is -2.51. The molecule has 7 heteroatoms. The molecular formula is C18H22N4O3. The summed E-state index contributed by atoms with van der Waals surface area (Å²) in [5, 5.41) is 9.00. The highest BCUT2D eigenvalue weighted by molar-refractivity contribution is 5.88. The molecule has 3 rings (SSSR count). The molecule has 0 spiro atoms. The van der Waals surface area contributed by atoms with Crippen molar-refractivity contribution in [2.24, 2.45) is 11.5 Å². The van der Waals surface area contributed by atoms with Gasteiger partial charge in [-0.2, -0.15) is 0 Å². The number of carbonyl (C=O) groups is 2. The zero-order chi connectivity index (χ0) is 18.0. The summed E-state index contributed by atoms with van der Waals surface area (Å²) in [6, 6.07) is 6.01. The third kappa shape index (κ3) is 3.47. The van der Waals surface area contributed by atoms with Crippen molar-refractivity contribution in [3.8, 4) is 11.3 Å². The van der Waals surface area contributed by atoms with Crippen LogP contribution in [0.4, 0.5) is 0 Å². The van der Waals surface area contributed by atoms with E-state index < -0.39 is 12.0 Å². The Morgan fingerprint density at radius 3 is 2.68 bits per heavy atom. The lowest BCUT2D eigenvalue weighted by atomic mass is 9.88. The average molecular weight is 342 g/mol. The summed E-state index contributed by atoms with van der Waals surface area (Å²) in [6.07, 6.45) is 3.99. The zero-order valence-electron chi connectivity index (χ0n) is 13.9. The average Bonchev–Trinajstić information content (AvgIpc) is 3.05. The van der Waals surface area contributed by atoms with Crippen LogP contribution < -0.4 is 11.5 Å². The number of rotatable bonds is 6. The smallest absolute Gasteiger partial charge is 0.335 e. The Bertz CT molecular complexity index is 782. The van der Waals surface area contributed by atoms with E-state index in [1.165, 1.54) is 0 Å². The van der Waals surface area contributed by atoms with E-state index in [0.29, 0.717) is 6.54 Å². The van der Waals surface area contributed by atoms with Crippen LogP contribution >= 0.6 is 0 Å². The standard InChI is InChI=1S/C18H22N4O3/c19-8-7-15(23)16(20)13-2-1-9-22-10-14(21-17(13)22)11-3-5-12(6-4-11)18(24)25/h3-6,10,13,16H,1-2,7-9,19-20H2,(H,24,25). The molecule has 0 bridgehead atoms. The van der Waals surface area contributed by atoms with Gasteiger partial charge in [-0.3, -0.25) is 4.79 Å². The minimum absolute atomic E-state index is 0.0312. The van der Waals surface area contributed by atoms with E-state index in [1.807, 2.05) is 10.8 Å². The molecule has 1 aromatic carbocycles. The van der Waals surface area contributed by atoms with Crippen LogP contribution in [-0.2, 0) is 11.3 Å². The van der Waals surface area contributed by atoms with Crippen LogP contribution in [0.2, 0.25) is 0 Å². The Morgan fingerprint density at radius 2 is 2.04 bits per heavy atom. The number of aryl methyl sites for hydroxylation is 1. The number of nitrogens with zero attached hydrogens (tertiary/aromatic N) is 2. The molecule has 1 aromatic heterocycles. The molecule has 0 saturated heterocycles. The van der Waals surface area contributed by atoms with E-state index in [4.69, 9.17) is 21.6 Å². The Labute approximate surface area is 145 Å². The molecule has 1 aliphatic heterocycles. The van der Waals surface area contributed by atoms with Crippen LogP contribution in [-0.4, -0.2) is 39.0 Å². The molecule has 0 aliphatic carbocycles. The number of aromatic nitrogens is 2. The first-order valence-electron chi connectivity index (χ1n) is 8.40.